The second kappa shape index (κ2) is 3.14. The van der Waals surface area contributed by atoms with Gasteiger partial charge in [0.1, 0.15) is 0 Å². The summed E-state index contributed by atoms with van der Waals surface area (Å²) < 4.78 is 10.5. The Balaban J connectivity index is 3.99. The van der Waals surface area contributed by atoms with Gasteiger partial charge in [-0.1, -0.05) is 0 Å². The molecule has 0 aliphatic carbocycles. The van der Waals surface area contributed by atoms with Crippen LogP contribution in [0.3, 0.4) is 0 Å². The molecule has 0 bridgehead atoms. The van der Waals surface area contributed by atoms with E-state index in [-0.39, 0.29) is 5.75 Å². The number of hydrogen-bond acceptors (Lipinski definition) is 3. The fourth-order valence-electron chi connectivity index (χ4n) is 0.324. The molecule has 4 heteroatoms. The third kappa shape index (κ3) is 3.61. The molecule has 1 atom stereocenters. The monoisotopic (exact) mass is 163 g/mol. The third-order valence-corrected chi connectivity index (χ3v) is 2.80. The van der Waals surface area contributed by atoms with Gasteiger partial charge in [-0.25, -0.2) is 0 Å². The van der Waals surface area contributed by atoms with Crippen LogP contribution in [-0.2, 0) is 15.6 Å². The fraction of sp³-hybridized carbons (Fsp3) is 0.833. The van der Waals surface area contributed by atoms with Gasteiger partial charge < -0.3 is 9.90 Å². The molecule has 3 nitrogen and oxygen atoms in total. The lowest BCUT2D eigenvalue weighted by Crippen LogP contribution is -2.34. The molecule has 0 aromatic heterocycles. The molecule has 0 aromatic rings. The highest BCUT2D eigenvalue weighted by atomic mass is 32.2. The van der Waals surface area contributed by atoms with Crippen molar-refractivity contribution in [2.24, 2.45) is 0 Å². The summed E-state index contributed by atoms with van der Waals surface area (Å²) in [4.78, 5) is 9.95. The summed E-state index contributed by atoms with van der Waals surface area (Å²) in [7, 11) is -1.33. The second-order valence-corrected chi connectivity index (χ2v) is 5.18. The van der Waals surface area contributed by atoms with E-state index in [1.807, 2.05) is 0 Å². The quantitative estimate of drug-likeness (QED) is 0.540. The zero-order chi connectivity index (χ0) is 8.36. The molecule has 0 rings (SSSR count). The van der Waals surface area contributed by atoms with Crippen molar-refractivity contribution in [3.8, 4) is 0 Å². The van der Waals surface area contributed by atoms with Gasteiger partial charge in [0.05, 0.1) is 11.7 Å². The lowest BCUT2D eigenvalue weighted by molar-refractivity contribution is -0.301. The highest BCUT2D eigenvalue weighted by Gasteiger charge is 2.18. The molecule has 1 unspecified atom stereocenters. The second-order valence-electron chi connectivity index (χ2n) is 2.97. The smallest absolute Gasteiger partial charge is 0.0637 e. The Bertz CT molecular complexity index is 157. The fourth-order valence-corrected chi connectivity index (χ4v) is 0.971. The van der Waals surface area contributed by atoms with Gasteiger partial charge in [-0.15, -0.1) is 0 Å². The van der Waals surface area contributed by atoms with Gasteiger partial charge >= 0.3 is 0 Å². The van der Waals surface area contributed by atoms with Crippen LogP contribution >= 0.6 is 0 Å². The van der Waals surface area contributed by atoms with Crippen LogP contribution in [0.1, 0.15) is 20.8 Å². The first-order valence-electron chi connectivity index (χ1n) is 2.92. The van der Waals surface area contributed by atoms with Crippen LogP contribution in [-0.4, -0.2) is 20.7 Å². The Morgan fingerprint density at radius 2 is 1.90 bits per heavy atom. The number of hydrogen-bond donors (Lipinski definition) is 0. The van der Waals surface area contributed by atoms with E-state index in [1.165, 1.54) is 0 Å². The van der Waals surface area contributed by atoms with Crippen LogP contribution in [0.5, 0.6) is 0 Å². The van der Waals surface area contributed by atoms with E-state index < -0.39 is 21.5 Å². The summed E-state index contributed by atoms with van der Waals surface area (Å²) in [6, 6.07) is 0. The number of carboxylic acid groups (broad SMARTS) is 1. The first kappa shape index (κ1) is 9.62. The summed E-state index contributed by atoms with van der Waals surface area (Å²) in [6.07, 6.45) is 0. The van der Waals surface area contributed by atoms with Gasteiger partial charge in [0, 0.05) is 15.5 Å². The van der Waals surface area contributed by atoms with E-state index >= 15 is 0 Å². The average molecular weight is 163 g/mol. The Hall–Kier alpha value is -0.380. The Labute approximate surface area is 62.9 Å². The van der Waals surface area contributed by atoms with E-state index in [4.69, 9.17) is 0 Å². The van der Waals surface area contributed by atoms with E-state index in [9.17, 15) is 14.1 Å². The summed E-state index contributed by atoms with van der Waals surface area (Å²) >= 11 is 0. The molecule has 0 aliphatic rings. The highest BCUT2D eigenvalue weighted by Crippen LogP contribution is 2.10. The number of carboxylic acids is 1. The van der Waals surface area contributed by atoms with Crippen LogP contribution in [0.2, 0.25) is 0 Å². The maximum absolute atomic E-state index is 11.0. The topological polar surface area (TPSA) is 57.2 Å². The van der Waals surface area contributed by atoms with Gasteiger partial charge in [0.25, 0.3) is 0 Å². The van der Waals surface area contributed by atoms with Crippen molar-refractivity contribution < 1.29 is 14.1 Å². The molecule has 0 heterocycles. The van der Waals surface area contributed by atoms with Gasteiger partial charge in [0.2, 0.25) is 0 Å². The molecule has 10 heavy (non-hydrogen) atoms. The summed E-state index contributed by atoms with van der Waals surface area (Å²) in [6.45, 7) is 5.18. The molecule has 60 valence electrons. The average Bonchev–Trinajstić information content (AvgIpc) is 1.60. The third-order valence-electron chi connectivity index (χ3n) is 0.932. The lowest BCUT2D eigenvalue weighted by Gasteiger charge is -2.17. The minimum absolute atomic E-state index is 0.372. The van der Waals surface area contributed by atoms with E-state index in [0.29, 0.717) is 0 Å². The molecule has 0 N–H and O–H groups in total. The molecular formula is C6H11O3S-. The molecule has 0 aliphatic heterocycles. The molecular weight excluding hydrogens is 152 g/mol. The molecule has 0 spiro atoms. The number of rotatable bonds is 2. The van der Waals surface area contributed by atoms with E-state index in [1.54, 1.807) is 20.8 Å². The zero-order valence-corrected chi connectivity index (χ0v) is 7.16. The van der Waals surface area contributed by atoms with Crippen LogP contribution in [0, 0.1) is 0 Å². The molecule has 0 saturated carbocycles. The largest absolute Gasteiger partial charge is 0.549 e. The predicted octanol–water partition coefficient (Wildman–Crippen LogP) is -0.717. The van der Waals surface area contributed by atoms with Gasteiger partial charge in [0.15, 0.2) is 0 Å². The van der Waals surface area contributed by atoms with Crippen LogP contribution in [0.15, 0.2) is 0 Å². The summed E-state index contributed by atoms with van der Waals surface area (Å²) in [5.41, 5.74) is 0. The normalized spacial score (nSPS) is 14.7. The van der Waals surface area contributed by atoms with Crippen molar-refractivity contribution >= 4 is 16.8 Å². The first-order valence-corrected chi connectivity index (χ1v) is 4.24. The standard InChI is InChI=1S/C6H12O3S/c1-6(2,3)10(9)4-5(7)8/h4H2,1-3H3,(H,7,8)/p-1. The minimum Gasteiger partial charge on any atom is -0.549 e. The molecule has 0 aromatic carbocycles. The van der Waals surface area contributed by atoms with E-state index in [2.05, 4.69) is 0 Å². The number of carbonyl (C=O) groups is 1. The van der Waals surface area contributed by atoms with Crippen LogP contribution < -0.4 is 5.11 Å². The molecule has 0 radical (unpaired) electrons. The maximum atomic E-state index is 11.0. The molecule has 0 saturated heterocycles. The van der Waals surface area contributed by atoms with Crippen molar-refractivity contribution in [3.63, 3.8) is 0 Å². The minimum atomic E-state index is -1.33. The molecule has 0 fully saturated rings. The number of carbonyl (C=O) groups excluding carboxylic acids is 1. The summed E-state index contributed by atoms with van der Waals surface area (Å²) in [5.74, 6) is -1.63. The number of aliphatic carboxylic acids is 1. The van der Waals surface area contributed by atoms with Crippen molar-refractivity contribution in [1.82, 2.24) is 0 Å². The van der Waals surface area contributed by atoms with Crippen molar-refractivity contribution in [1.29, 1.82) is 0 Å². The lowest BCUT2D eigenvalue weighted by atomic mass is 10.3. The highest BCUT2D eigenvalue weighted by molar-refractivity contribution is 7.87. The van der Waals surface area contributed by atoms with Crippen molar-refractivity contribution in [2.75, 3.05) is 5.75 Å². The van der Waals surface area contributed by atoms with Crippen molar-refractivity contribution in [3.05, 3.63) is 0 Å². The van der Waals surface area contributed by atoms with Gasteiger partial charge in [-0.05, 0) is 20.8 Å². The first-order chi connectivity index (χ1) is 4.34. The Kier molecular flexibility index (Phi) is 3.02. The van der Waals surface area contributed by atoms with Crippen LogP contribution in [0.25, 0.3) is 0 Å². The zero-order valence-electron chi connectivity index (χ0n) is 6.34. The van der Waals surface area contributed by atoms with E-state index in [0.717, 1.165) is 0 Å². The van der Waals surface area contributed by atoms with Crippen LogP contribution in [0.4, 0.5) is 0 Å². The van der Waals surface area contributed by atoms with Crippen molar-refractivity contribution in [2.45, 2.75) is 25.5 Å². The summed E-state index contributed by atoms with van der Waals surface area (Å²) in [5, 5.41) is 9.95. The maximum Gasteiger partial charge on any atom is 0.0637 e. The van der Waals surface area contributed by atoms with Gasteiger partial charge in [-0.3, -0.25) is 4.21 Å². The SMILES string of the molecule is CC(C)(C)S(=O)CC(=O)[O-]. The predicted molar refractivity (Wildman–Crippen MR) is 37.8 cm³/mol. The Morgan fingerprint density at radius 1 is 1.50 bits per heavy atom. The Morgan fingerprint density at radius 3 is 2.00 bits per heavy atom. The molecule has 0 amide bonds. The van der Waals surface area contributed by atoms with Gasteiger partial charge in [-0.2, -0.15) is 0 Å².